The number of alkyl halides is 1. The summed E-state index contributed by atoms with van der Waals surface area (Å²) in [7, 11) is 1.41. The van der Waals surface area contributed by atoms with Crippen LogP contribution in [0.1, 0.15) is 26.2 Å². The van der Waals surface area contributed by atoms with Crippen LogP contribution in [0.4, 0.5) is 0 Å². The molecule has 1 N–H and O–H groups in total. The molecule has 0 bridgehead atoms. The number of likely N-dealkylation sites (tertiary alicyclic amines) is 1. The molecular weight excluding hydrogens is 284 g/mol. The van der Waals surface area contributed by atoms with E-state index in [1.807, 2.05) is 0 Å². The van der Waals surface area contributed by atoms with Crippen LogP contribution >= 0.6 is 15.9 Å². The third-order valence-corrected chi connectivity index (χ3v) is 3.93. The van der Waals surface area contributed by atoms with Crippen molar-refractivity contribution in [1.29, 1.82) is 0 Å². The molecule has 5 heteroatoms. The zero-order chi connectivity index (χ0) is 12.7. The molecule has 0 aromatic carbocycles. The number of nitrogens with one attached hydrogen (secondary N) is 1. The van der Waals surface area contributed by atoms with Gasteiger partial charge in [0.25, 0.3) is 0 Å². The summed E-state index contributed by atoms with van der Waals surface area (Å²) in [5.41, 5.74) is 0. The highest BCUT2D eigenvalue weighted by Crippen LogP contribution is 2.11. The van der Waals surface area contributed by atoms with Gasteiger partial charge in [-0.1, -0.05) is 22.4 Å². The number of rotatable bonds is 6. The van der Waals surface area contributed by atoms with E-state index >= 15 is 0 Å². The summed E-state index contributed by atoms with van der Waals surface area (Å²) in [5.74, 6) is -0.219. The van der Waals surface area contributed by atoms with Crippen molar-refractivity contribution in [2.24, 2.45) is 0 Å². The topological polar surface area (TPSA) is 41.6 Å². The van der Waals surface area contributed by atoms with Gasteiger partial charge in [0.1, 0.15) is 4.83 Å². The lowest BCUT2D eigenvalue weighted by Gasteiger charge is -2.32. The Morgan fingerprint density at radius 1 is 1.35 bits per heavy atom. The Labute approximate surface area is 112 Å². The number of ether oxygens (including phenoxy) is 1. The van der Waals surface area contributed by atoms with Gasteiger partial charge < -0.3 is 10.1 Å². The molecule has 4 nitrogen and oxygen atoms in total. The molecule has 17 heavy (non-hydrogen) atoms. The molecule has 1 heterocycles. The Balaban J connectivity index is 2.14. The molecule has 0 spiro atoms. The monoisotopic (exact) mass is 306 g/mol. The molecule has 1 saturated heterocycles. The molecule has 0 saturated carbocycles. The van der Waals surface area contributed by atoms with Crippen LogP contribution in [0.25, 0.3) is 0 Å². The molecule has 0 aliphatic carbocycles. The smallest absolute Gasteiger partial charge is 0.320 e. The second kappa shape index (κ2) is 8.06. The minimum atomic E-state index is -0.249. The fraction of sp³-hybridized carbons (Fsp3) is 0.917. The van der Waals surface area contributed by atoms with Gasteiger partial charge in [0, 0.05) is 19.1 Å². The van der Waals surface area contributed by atoms with Gasteiger partial charge in [-0.05, 0) is 32.9 Å². The fourth-order valence-electron chi connectivity index (χ4n) is 2.12. The van der Waals surface area contributed by atoms with Gasteiger partial charge >= 0.3 is 5.97 Å². The van der Waals surface area contributed by atoms with Crippen molar-refractivity contribution in [3.8, 4) is 0 Å². The van der Waals surface area contributed by atoms with E-state index in [4.69, 9.17) is 0 Å². The van der Waals surface area contributed by atoms with Crippen molar-refractivity contribution in [3.63, 3.8) is 0 Å². The second-order valence-corrected chi connectivity index (χ2v) is 5.70. The Hall–Kier alpha value is -0.130. The quantitative estimate of drug-likeness (QED) is 0.595. The first-order chi connectivity index (χ1) is 8.15. The summed E-state index contributed by atoms with van der Waals surface area (Å²) in [6.07, 6.45) is 3.99. The summed E-state index contributed by atoms with van der Waals surface area (Å²) >= 11 is 3.30. The van der Waals surface area contributed by atoms with Crippen molar-refractivity contribution >= 4 is 21.9 Å². The van der Waals surface area contributed by atoms with Crippen molar-refractivity contribution in [2.45, 2.75) is 37.1 Å². The van der Waals surface area contributed by atoms with Gasteiger partial charge in [-0.25, -0.2) is 0 Å². The molecule has 1 rings (SSSR count). The highest BCUT2D eigenvalue weighted by atomic mass is 79.9. The number of piperidine rings is 1. The van der Waals surface area contributed by atoms with E-state index in [2.05, 4.69) is 37.8 Å². The molecule has 0 aromatic heterocycles. The zero-order valence-corrected chi connectivity index (χ0v) is 12.3. The first-order valence-electron chi connectivity index (χ1n) is 6.31. The van der Waals surface area contributed by atoms with Crippen molar-refractivity contribution in [1.82, 2.24) is 10.2 Å². The summed E-state index contributed by atoms with van der Waals surface area (Å²) in [6, 6.07) is 0.535. The molecule has 0 aromatic rings. The number of carbonyl (C=O) groups is 1. The number of hydrogen-bond donors (Lipinski definition) is 1. The standard InChI is InChI=1S/C12H23BrN2O2/c1-10(15-6-4-3-5-7-15)8-14-9-11(13)12(16)17-2/h10-11,14H,3-9H2,1-2H3. The van der Waals surface area contributed by atoms with Crippen LogP contribution in [0, 0.1) is 0 Å². The lowest BCUT2D eigenvalue weighted by molar-refractivity contribution is -0.139. The van der Waals surface area contributed by atoms with Crippen LogP contribution in [-0.4, -0.2) is 55.0 Å². The summed E-state index contributed by atoms with van der Waals surface area (Å²) < 4.78 is 4.65. The average Bonchev–Trinajstić information content (AvgIpc) is 2.38. The number of methoxy groups -OCH3 is 1. The largest absolute Gasteiger partial charge is 0.468 e. The molecule has 2 unspecified atom stereocenters. The first kappa shape index (κ1) is 14.9. The van der Waals surface area contributed by atoms with Crippen LogP contribution in [0.15, 0.2) is 0 Å². The number of hydrogen-bond acceptors (Lipinski definition) is 4. The lowest BCUT2D eigenvalue weighted by atomic mass is 10.1. The van der Waals surface area contributed by atoms with E-state index in [0.29, 0.717) is 12.6 Å². The first-order valence-corrected chi connectivity index (χ1v) is 7.23. The van der Waals surface area contributed by atoms with Gasteiger partial charge in [-0.15, -0.1) is 0 Å². The van der Waals surface area contributed by atoms with Gasteiger partial charge in [0.2, 0.25) is 0 Å². The van der Waals surface area contributed by atoms with E-state index < -0.39 is 0 Å². The van der Waals surface area contributed by atoms with E-state index in [0.717, 1.165) is 6.54 Å². The molecule has 1 aliphatic heterocycles. The zero-order valence-electron chi connectivity index (χ0n) is 10.7. The predicted molar refractivity (Wildman–Crippen MR) is 72.5 cm³/mol. The number of halogens is 1. The maximum Gasteiger partial charge on any atom is 0.320 e. The highest BCUT2D eigenvalue weighted by molar-refractivity contribution is 9.10. The fourth-order valence-corrected chi connectivity index (χ4v) is 2.53. The van der Waals surface area contributed by atoms with Gasteiger partial charge in [-0.2, -0.15) is 0 Å². The van der Waals surface area contributed by atoms with Crippen LogP contribution in [0.3, 0.4) is 0 Å². The Kier molecular flexibility index (Phi) is 7.08. The van der Waals surface area contributed by atoms with E-state index in [9.17, 15) is 4.79 Å². The number of carbonyl (C=O) groups excluding carboxylic acids is 1. The number of esters is 1. The maximum atomic E-state index is 11.2. The lowest BCUT2D eigenvalue weighted by Crippen LogP contribution is -2.44. The van der Waals surface area contributed by atoms with Crippen molar-refractivity contribution in [3.05, 3.63) is 0 Å². The van der Waals surface area contributed by atoms with Crippen LogP contribution in [0.2, 0.25) is 0 Å². The summed E-state index contributed by atoms with van der Waals surface area (Å²) in [6.45, 7) is 6.18. The summed E-state index contributed by atoms with van der Waals surface area (Å²) in [5, 5.41) is 3.31. The summed E-state index contributed by atoms with van der Waals surface area (Å²) in [4.78, 5) is 13.4. The van der Waals surface area contributed by atoms with Crippen LogP contribution < -0.4 is 5.32 Å². The Morgan fingerprint density at radius 3 is 2.59 bits per heavy atom. The van der Waals surface area contributed by atoms with Gasteiger partial charge in [0.05, 0.1) is 7.11 Å². The molecular formula is C12H23BrN2O2. The Morgan fingerprint density at radius 2 is 2.00 bits per heavy atom. The van der Waals surface area contributed by atoms with E-state index in [-0.39, 0.29) is 10.8 Å². The van der Waals surface area contributed by atoms with Crippen LogP contribution in [-0.2, 0) is 9.53 Å². The molecule has 1 aliphatic rings. The highest BCUT2D eigenvalue weighted by Gasteiger charge is 2.18. The number of nitrogens with zero attached hydrogens (tertiary/aromatic N) is 1. The predicted octanol–water partition coefficient (Wildman–Crippen LogP) is 1.39. The second-order valence-electron chi connectivity index (χ2n) is 4.59. The average molecular weight is 307 g/mol. The normalized spacial score (nSPS) is 20.9. The van der Waals surface area contributed by atoms with Gasteiger partial charge in [0.15, 0.2) is 0 Å². The van der Waals surface area contributed by atoms with E-state index in [1.54, 1.807) is 0 Å². The minimum absolute atomic E-state index is 0.219. The Bertz CT molecular complexity index is 233. The van der Waals surface area contributed by atoms with Crippen molar-refractivity contribution < 1.29 is 9.53 Å². The maximum absolute atomic E-state index is 11.2. The third-order valence-electron chi connectivity index (χ3n) is 3.23. The minimum Gasteiger partial charge on any atom is -0.468 e. The van der Waals surface area contributed by atoms with Gasteiger partial charge in [-0.3, -0.25) is 9.69 Å². The molecule has 0 radical (unpaired) electrons. The SMILES string of the molecule is COC(=O)C(Br)CNCC(C)N1CCCCC1. The van der Waals surface area contributed by atoms with E-state index in [1.165, 1.54) is 39.5 Å². The van der Waals surface area contributed by atoms with Crippen LogP contribution in [0.5, 0.6) is 0 Å². The molecule has 2 atom stereocenters. The van der Waals surface area contributed by atoms with Crippen molar-refractivity contribution in [2.75, 3.05) is 33.3 Å². The molecule has 1 fully saturated rings. The molecule has 100 valence electrons. The molecule has 0 amide bonds. The third kappa shape index (κ3) is 5.36.